The summed E-state index contributed by atoms with van der Waals surface area (Å²) in [6.45, 7) is 0.764. The summed E-state index contributed by atoms with van der Waals surface area (Å²) in [7, 11) is 0. The number of carbonyl (C=O) groups is 4. The predicted octanol–water partition coefficient (Wildman–Crippen LogP) is 2.08. The van der Waals surface area contributed by atoms with Crippen LogP contribution in [0.25, 0.3) is 0 Å². The van der Waals surface area contributed by atoms with Crippen molar-refractivity contribution in [1.29, 1.82) is 0 Å². The number of Topliss-reactive ketones (excluding diaryl/α,β-unsaturated/α-hetero) is 1. The summed E-state index contributed by atoms with van der Waals surface area (Å²) < 4.78 is 0. The molecule has 0 saturated carbocycles. The summed E-state index contributed by atoms with van der Waals surface area (Å²) >= 11 is 0. The molecular formula is C19H15N3O6. The van der Waals surface area contributed by atoms with Gasteiger partial charge < -0.3 is 0 Å². The molecule has 0 atom stereocenters. The van der Waals surface area contributed by atoms with E-state index in [1.165, 1.54) is 19.1 Å². The van der Waals surface area contributed by atoms with Gasteiger partial charge in [-0.2, -0.15) is 0 Å². The number of nitro groups is 1. The Kier molecular flexibility index (Phi) is 4.99. The van der Waals surface area contributed by atoms with Crippen LogP contribution in [-0.2, 0) is 16.1 Å². The number of hydrogen-bond acceptors (Lipinski definition) is 6. The molecule has 0 aromatic heterocycles. The summed E-state index contributed by atoms with van der Waals surface area (Å²) in [5, 5.41) is 11.0. The molecule has 1 heterocycles. The van der Waals surface area contributed by atoms with Crippen LogP contribution in [0.15, 0.2) is 48.5 Å². The first-order valence-electron chi connectivity index (χ1n) is 8.29. The minimum absolute atomic E-state index is 0.0214. The number of carbonyl (C=O) groups excluding carboxylic acids is 4. The van der Waals surface area contributed by atoms with Gasteiger partial charge in [0, 0.05) is 17.2 Å². The third-order valence-corrected chi connectivity index (χ3v) is 4.35. The number of imide groups is 2. The molecule has 0 aliphatic carbocycles. The average Bonchev–Trinajstić information content (AvgIpc) is 2.87. The molecule has 142 valence electrons. The average molecular weight is 381 g/mol. The van der Waals surface area contributed by atoms with Gasteiger partial charge in [0.25, 0.3) is 5.69 Å². The van der Waals surface area contributed by atoms with Crippen LogP contribution in [-0.4, -0.2) is 44.9 Å². The van der Waals surface area contributed by atoms with E-state index in [2.05, 4.69) is 0 Å². The van der Waals surface area contributed by atoms with Crippen LogP contribution in [0.3, 0.4) is 0 Å². The molecule has 9 nitrogen and oxygen atoms in total. The van der Waals surface area contributed by atoms with Crippen molar-refractivity contribution in [2.24, 2.45) is 0 Å². The molecule has 1 saturated heterocycles. The lowest BCUT2D eigenvalue weighted by atomic mass is 10.1. The van der Waals surface area contributed by atoms with E-state index >= 15 is 0 Å². The van der Waals surface area contributed by atoms with Crippen molar-refractivity contribution in [3.8, 4) is 0 Å². The van der Waals surface area contributed by atoms with Crippen LogP contribution >= 0.6 is 0 Å². The first-order valence-corrected chi connectivity index (χ1v) is 8.29. The zero-order chi connectivity index (χ0) is 20.4. The van der Waals surface area contributed by atoms with Gasteiger partial charge in [0.05, 0.1) is 18.0 Å². The number of aryl methyl sites for hydroxylation is 1. The third kappa shape index (κ3) is 3.50. The molecule has 28 heavy (non-hydrogen) atoms. The molecule has 2 aromatic rings. The Morgan fingerprint density at radius 1 is 1.00 bits per heavy atom. The largest absolute Gasteiger partial charge is 0.334 e. The van der Waals surface area contributed by atoms with Crippen LogP contribution in [0.5, 0.6) is 0 Å². The van der Waals surface area contributed by atoms with Gasteiger partial charge in [-0.05, 0) is 12.5 Å². The lowest BCUT2D eigenvalue weighted by Gasteiger charge is -2.15. The van der Waals surface area contributed by atoms with Gasteiger partial charge in [0.2, 0.25) is 0 Å². The lowest BCUT2D eigenvalue weighted by molar-refractivity contribution is -0.385. The van der Waals surface area contributed by atoms with E-state index in [0.717, 1.165) is 11.0 Å². The highest BCUT2D eigenvalue weighted by molar-refractivity contribution is 6.45. The number of amides is 4. The summed E-state index contributed by atoms with van der Waals surface area (Å²) in [5.41, 5.74) is 0.761. The number of nitrogens with zero attached hydrogens (tertiary/aromatic N) is 3. The third-order valence-electron chi connectivity index (χ3n) is 4.35. The number of hydrogen-bond donors (Lipinski definition) is 0. The number of rotatable bonds is 6. The van der Waals surface area contributed by atoms with E-state index in [0.29, 0.717) is 16.0 Å². The van der Waals surface area contributed by atoms with Crippen LogP contribution in [0.1, 0.15) is 21.5 Å². The van der Waals surface area contributed by atoms with Crippen LogP contribution in [0, 0.1) is 17.0 Å². The zero-order valence-corrected chi connectivity index (χ0v) is 14.8. The second-order valence-corrected chi connectivity index (χ2v) is 6.23. The second kappa shape index (κ2) is 7.39. The smallest absolute Gasteiger partial charge is 0.292 e. The van der Waals surface area contributed by atoms with Crippen molar-refractivity contribution in [2.75, 3.05) is 6.54 Å². The van der Waals surface area contributed by atoms with E-state index in [1.54, 1.807) is 30.3 Å². The van der Waals surface area contributed by atoms with Crippen molar-refractivity contribution in [1.82, 2.24) is 9.80 Å². The maximum absolute atomic E-state index is 12.5. The molecule has 3 rings (SSSR count). The Bertz CT molecular complexity index is 1000. The zero-order valence-electron chi connectivity index (χ0n) is 14.8. The van der Waals surface area contributed by atoms with E-state index in [4.69, 9.17) is 0 Å². The van der Waals surface area contributed by atoms with Gasteiger partial charge in [-0.25, -0.2) is 9.69 Å². The van der Waals surface area contributed by atoms with E-state index < -0.39 is 35.1 Å². The van der Waals surface area contributed by atoms with Crippen molar-refractivity contribution in [2.45, 2.75) is 13.5 Å². The summed E-state index contributed by atoms with van der Waals surface area (Å²) in [6, 6.07) is 11.6. The van der Waals surface area contributed by atoms with Gasteiger partial charge in [0.1, 0.15) is 0 Å². The van der Waals surface area contributed by atoms with Crippen molar-refractivity contribution in [3.63, 3.8) is 0 Å². The van der Waals surface area contributed by atoms with Gasteiger partial charge >= 0.3 is 17.8 Å². The molecule has 1 aliphatic heterocycles. The minimum Gasteiger partial charge on any atom is -0.292 e. The fraction of sp³-hybridized carbons (Fsp3) is 0.158. The van der Waals surface area contributed by atoms with Gasteiger partial charge in [0.15, 0.2) is 5.78 Å². The highest BCUT2D eigenvalue weighted by Gasteiger charge is 2.45. The molecule has 9 heteroatoms. The predicted molar refractivity (Wildman–Crippen MR) is 96.3 cm³/mol. The standard InChI is InChI=1S/C19H15N3O6/c1-12-7-8-14(9-15(12)22(27)28)16(23)11-21-18(25)17(24)20(19(21)26)10-13-5-3-2-4-6-13/h2-9H,10-11H2,1H3. The quantitative estimate of drug-likeness (QED) is 0.248. The minimum atomic E-state index is -1.10. The van der Waals surface area contributed by atoms with E-state index in [1.807, 2.05) is 0 Å². The molecule has 1 aliphatic rings. The SMILES string of the molecule is Cc1ccc(C(=O)CN2C(=O)C(=O)N(Cc3ccccc3)C2=O)cc1[N+](=O)[O-]. The molecule has 0 unspecified atom stereocenters. The van der Waals surface area contributed by atoms with E-state index in [9.17, 15) is 29.3 Å². The highest BCUT2D eigenvalue weighted by atomic mass is 16.6. The lowest BCUT2D eigenvalue weighted by Crippen LogP contribution is -2.36. The summed E-state index contributed by atoms with van der Waals surface area (Å²) in [5.74, 6) is -2.80. The van der Waals surface area contributed by atoms with Gasteiger partial charge in [-0.15, -0.1) is 0 Å². The van der Waals surface area contributed by atoms with Crippen molar-refractivity contribution in [3.05, 3.63) is 75.3 Å². The van der Waals surface area contributed by atoms with Gasteiger partial charge in [-0.3, -0.25) is 29.4 Å². The number of urea groups is 1. The molecule has 0 radical (unpaired) electrons. The fourth-order valence-corrected chi connectivity index (χ4v) is 2.81. The molecule has 0 bridgehead atoms. The van der Waals surface area contributed by atoms with Crippen molar-refractivity contribution >= 4 is 29.3 Å². The Labute approximate surface area is 159 Å². The fourth-order valence-electron chi connectivity index (χ4n) is 2.81. The first-order chi connectivity index (χ1) is 13.3. The van der Waals surface area contributed by atoms with Crippen LogP contribution < -0.4 is 0 Å². The molecule has 0 spiro atoms. The number of benzene rings is 2. The Morgan fingerprint density at radius 2 is 1.64 bits per heavy atom. The Balaban J connectivity index is 1.79. The molecule has 2 aromatic carbocycles. The summed E-state index contributed by atoms with van der Waals surface area (Å²) in [4.78, 5) is 61.0. The normalized spacial score (nSPS) is 14.0. The first kappa shape index (κ1) is 18.9. The summed E-state index contributed by atoms with van der Waals surface area (Å²) in [6.07, 6.45) is 0. The number of nitro benzene ring substituents is 1. The van der Waals surface area contributed by atoms with Crippen LogP contribution in [0.2, 0.25) is 0 Å². The molecular weight excluding hydrogens is 366 g/mol. The molecule has 0 N–H and O–H groups in total. The molecule has 1 fully saturated rings. The van der Waals surface area contributed by atoms with Gasteiger partial charge in [-0.1, -0.05) is 42.5 Å². The maximum Gasteiger partial charge on any atom is 0.334 e. The van der Waals surface area contributed by atoms with Crippen LogP contribution in [0.4, 0.5) is 10.5 Å². The second-order valence-electron chi connectivity index (χ2n) is 6.23. The monoisotopic (exact) mass is 381 g/mol. The topological polar surface area (TPSA) is 118 Å². The molecule has 4 amide bonds. The Morgan fingerprint density at radius 3 is 2.29 bits per heavy atom. The van der Waals surface area contributed by atoms with E-state index in [-0.39, 0.29) is 17.8 Å². The highest BCUT2D eigenvalue weighted by Crippen LogP contribution is 2.21. The van der Waals surface area contributed by atoms with Crippen molar-refractivity contribution < 1.29 is 24.1 Å². The maximum atomic E-state index is 12.5. The Hall–Kier alpha value is -3.88. The number of ketones is 1.